The molecule has 0 bridgehead atoms. The third-order valence-corrected chi connectivity index (χ3v) is 5.45. The van der Waals surface area contributed by atoms with Gasteiger partial charge in [0.15, 0.2) is 12.4 Å². The quantitative estimate of drug-likeness (QED) is 0.313. The number of fused-ring (bicyclic) bond motifs is 1. The van der Waals surface area contributed by atoms with Crippen molar-refractivity contribution in [3.05, 3.63) is 99.0 Å². The number of benzene rings is 3. The number of hydrogen-bond acceptors (Lipinski definition) is 5. The van der Waals surface area contributed by atoms with Gasteiger partial charge in [-0.3, -0.25) is 14.4 Å². The van der Waals surface area contributed by atoms with Gasteiger partial charge in [-0.1, -0.05) is 53.5 Å². The molecule has 0 aliphatic carbocycles. The van der Waals surface area contributed by atoms with E-state index >= 15 is 0 Å². The minimum Gasteiger partial charge on any atom is -0.454 e. The van der Waals surface area contributed by atoms with E-state index in [0.29, 0.717) is 5.56 Å². The Morgan fingerprint density at radius 1 is 0.774 bits per heavy atom. The molecule has 0 saturated carbocycles. The number of carbonyl (C=O) groups excluding carboxylic acids is 4. The summed E-state index contributed by atoms with van der Waals surface area (Å²) in [4.78, 5) is 51.0. The molecule has 6 nitrogen and oxygen atoms in total. The summed E-state index contributed by atoms with van der Waals surface area (Å²) >= 11 is 11.9. The molecule has 3 aromatic carbocycles. The van der Waals surface area contributed by atoms with Gasteiger partial charge in [0.25, 0.3) is 11.8 Å². The average Bonchev–Trinajstić information content (AvgIpc) is 3.04. The lowest BCUT2D eigenvalue weighted by Gasteiger charge is -2.14. The molecule has 0 N–H and O–H groups in total. The molecule has 4 rings (SSSR count). The van der Waals surface area contributed by atoms with Gasteiger partial charge in [0, 0.05) is 5.56 Å². The van der Waals surface area contributed by atoms with Crippen molar-refractivity contribution in [1.82, 2.24) is 0 Å². The third kappa shape index (κ3) is 3.95. The molecule has 0 radical (unpaired) electrons. The zero-order valence-electron chi connectivity index (χ0n) is 15.8. The number of rotatable bonds is 5. The molecule has 8 heteroatoms. The van der Waals surface area contributed by atoms with Crippen LogP contribution in [0.25, 0.3) is 0 Å². The summed E-state index contributed by atoms with van der Waals surface area (Å²) in [7, 11) is 0. The Balaban J connectivity index is 1.53. The molecule has 0 fully saturated rings. The van der Waals surface area contributed by atoms with Crippen LogP contribution in [0.5, 0.6) is 0 Å². The SMILES string of the molecule is O=C(COC(=O)c1ccc2c(c1)C(=O)N(c1ccc(Cl)c(Cl)c1)C2=O)c1ccccc1. The zero-order valence-corrected chi connectivity index (χ0v) is 17.3. The van der Waals surface area contributed by atoms with Gasteiger partial charge in [-0.05, 0) is 36.4 Å². The number of imide groups is 1. The van der Waals surface area contributed by atoms with Crippen LogP contribution in [0.1, 0.15) is 41.4 Å². The fourth-order valence-corrected chi connectivity index (χ4v) is 3.44. The van der Waals surface area contributed by atoms with E-state index in [0.717, 1.165) is 4.90 Å². The molecule has 2 amide bonds. The molecule has 0 saturated heterocycles. The lowest BCUT2D eigenvalue weighted by atomic mass is 10.1. The van der Waals surface area contributed by atoms with Crippen LogP contribution in [0.4, 0.5) is 5.69 Å². The van der Waals surface area contributed by atoms with Crippen molar-refractivity contribution in [2.75, 3.05) is 11.5 Å². The summed E-state index contributed by atoms with van der Waals surface area (Å²) in [5, 5.41) is 0.486. The second-order valence-electron chi connectivity index (χ2n) is 6.67. The van der Waals surface area contributed by atoms with Crippen LogP contribution >= 0.6 is 23.2 Å². The van der Waals surface area contributed by atoms with Crippen LogP contribution in [0.3, 0.4) is 0 Å². The van der Waals surface area contributed by atoms with Gasteiger partial charge in [-0.25, -0.2) is 9.69 Å². The van der Waals surface area contributed by atoms with Crippen molar-refractivity contribution in [3.63, 3.8) is 0 Å². The molecule has 1 heterocycles. The molecular weight excluding hydrogens is 441 g/mol. The zero-order chi connectivity index (χ0) is 22.1. The molecule has 0 unspecified atom stereocenters. The molecule has 3 aromatic rings. The number of esters is 1. The van der Waals surface area contributed by atoms with E-state index in [9.17, 15) is 19.2 Å². The topological polar surface area (TPSA) is 80.8 Å². The lowest BCUT2D eigenvalue weighted by Crippen LogP contribution is -2.29. The number of ether oxygens (including phenoxy) is 1. The number of hydrogen-bond donors (Lipinski definition) is 0. The van der Waals surface area contributed by atoms with E-state index < -0.39 is 24.4 Å². The fourth-order valence-electron chi connectivity index (χ4n) is 3.15. The molecular formula is C23H13Cl2NO5. The van der Waals surface area contributed by atoms with Crippen molar-refractivity contribution in [1.29, 1.82) is 0 Å². The highest BCUT2D eigenvalue weighted by molar-refractivity contribution is 6.42. The lowest BCUT2D eigenvalue weighted by molar-refractivity contribution is 0.0474. The predicted molar refractivity (Wildman–Crippen MR) is 115 cm³/mol. The number of ketones is 1. The minimum atomic E-state index is -0.777. The second-order valence-corrected chi connectivity index (χ2v) is 7.48. The number of amides is 2. The van der Waals surface area contributed by atoms with E-state index in [4.69, 9.17) is 27.9 Å². The summed E-state index contributed by atoms with van der Waals surface area (Å²) in [6, 6.07) is 16.8. The summed E-state index contributed by atoms with van der Waals surface area (Å²) < 4.78 is 5.08. The summed E-state index contributed by atoms with van der Waals surface area (Å²) in [6.07, 6.45) is 0. The Morgan fingerprint density at radius 2 is 1.48 bits per heavy atom. The third-order valence-electron chi connectivity index (χ3n) is 4.71. The van der Waals surface area contributed by atoms with Crippen molar-refractivity contribution < 1.29 is 23.9 Å². The van der Waals surface area contributed by atoms with Crippen LogP contribution in [0, 0.1) is 0 Å². The van der Waals surface area contributed by atoms with Gasteiger partial charge in [-0.2, -0.15) is 0 Å². The Bertz CT molecular complexity index is 1240. The first kappa shape index (κ1) is 20.8. The maximum Gasteiger partial charge on any atom is 0.338 e. The fraction of sp³-hybridized carbons (Fsp3) is 0.0435. The first-order valence-corrected chi connectivity index (χ1v) is 9.85. The van der Waals surface area contributed by atoms with Crippen LogP contribution in [-0.4, -0.2) is 30.2 Å². The van der Waals surface area contributed by atoms with Crippen molar-refractivity contribution in [3.8, 4) is 0 Å². The minimum absolute atomic E-state index is 0.0525. The van der Waals surface area contributed by atoms with E-state index in [-0.39, 0.29) is 38.2 Å². The van der Waals surface area contributed by atoms with Crippen molar-refractivity contribution >= 4 is 52.5 Å². The van der Waals surface area contributed by atoms with E-state index in [1.54, 1.807) is 30.3 Å². The Kier molecular flexibility index (Phi) is 5.59. The smallest absolute Gasteiger partial charge is 0.338 e. The molecule has 154 valence electrons. The molecule has 31 heavy (non-hydrogen) atoms. The number of anilines is 1. The van der Waals surface area contributed by atoms with Crippen LogP contribution in [0.15, 0.2) is 66.7 Å². The average molecular weight is 454 g/mol. The summed E-state index contributed by atoms with van der Waals surface area (Å²) in [6.45, 7) is -0.442. The monoisotopic (exact) mass is 453 g/mol. The highest BCUT2D eigenvalue weighted by Gasteiger charge is 2.37. The maximum absolute atomic E-state index is 12.9. The molecule has 0 spiro atoms. The van der Waals surface area contributed by atoms with Crippen LogP contribution in [-0.2, 0) is 4.74 Å². The normalized spacial score (nSPS) is 12.6. The largest absolute Gasteiger partial charge is 0.454 e. The van der Waals surface area contributed by atoms with Gasteiger partial charge in [0.2, 0.25) is 0 Å². The summed E-state index contributed by atoms with van der Waals surface area (Å²) in [5.41, 5.74) is 0.935. The number of nitrogens with zero attached hydrogens (tertiary/aromatic N) is 1. The maximum atomic E-state index is 12.9. The number of carbonyl (C=O) groups is 4. The predicted octanol–water partition coefficient (Wildman–Crippen LogP) is 4.83. The van der Waals surface area contributed by atoms with E-state index in [1.807, 2.05) is 0 Å². The van der Waals surface area contributed by atoms with Gasteiger partial charge in [-0.15, -0.1) is 0 Å². The standard InChI is InChI=1S/C23H13Cl2NO5/c24-18-9-7-15(11-19(18)25)26-21(28)16-8-6-14(10-17(16)22(26)29)23(30)31-12-20(27)13-4-2-1-3-5-13/h1-11H,12H2. The molecule has 1 aliphatic rings. The van der Waals surface area contributed by atoms with Gasteiger partial charge in [0.05, 0.1) is 32.4 Å². The van der Waals surface area contributed by atoms with Crippen LogP contribution in [0.2, 0.25) is 10.0 Å². The van der Waals surface area contributed by atoms with E-state index in [2.05, 4.69) is 0 Å². The Labute approximate surface area is 186 Å². The van der Waals surface area contributed by atoms with Gasteiger partial charge in [0.1, 0.15) is 0 Å². The van der Waals surface area contributed by atoms with Crippen LogP contribution < -0.4 is 4.90 Å². The van der Waals surface area contributed by atoms with Gasteiger partial charge >= 0.3 is 5.97 Å². The second kappa shape index (κ2) is 8.34. The van der Waals surface area contributed by atoms with E-state index in [1.165, 1.54) is 36.4 Å². The highest BCUT2D eigenvalue weighted by atomic mass is 35.5. The first-order chi connectivity index (χ1) is 14.9. The molecule has 0 atom stereocenters. The highest BCUT2D eigenvalue weighted by Crippen LogP contribution is 2.33. The van der Waals surface area contributed by atoms with Crippen molar-refractivity contribution in [2.24, 2.45) is 0 Å². The summed E-state index contributed by atoms with van der Waals surface area (Å²) in [5.74, 6) is -2.28. The number of Topliss-reactive ketones (excluding diaryl/α,β-unsaturated/α-hetero) is 1. The first-order valence-electron chi connectivity index (χ1n) is 9.10. The Hall–Kier alpha value is -3.48. The molecule has 1 aliphatic heterocycles. The van der Waals surface area contributed by atoms with Gasteiger partial charge < -0.3 is 4.74 Å². The number of halogens is 2. The Morgan fingerprint density at radius 3 is 2.19 bits per heavy atom. The van der Waals surface area contributed by atoms with Crippen molar-refractivity contribution in [2.45, 2.75) is 0 Å². The molecule has 0 aromatic heterocycles.